The van der Waals surface area contributed by atoms with E-state index in [4.69, 9.17) is 25.8 Å². The number of nitrogens with zero attached hydrogens (tertiary/aromatic N) is 1. The number of rotatable bonds is 4. The van der Waals surface area contributed by atoms with E-state index in [0.29, 0.717) is 17.2 Å². The fourth-order valence-electron chi connectivity index (χ4n) is 1.91. The predicted octanol–water partition coefficient (Wildman–Crippen LogP) is 3.35. The standard InChI is InChI=1S/C14H12ClN3O5S/c1-2-21-12(19)10-11(15)24-14(17-10)18-13(20)16-7-3-4-8-9(5-7)23-6-22-8/h3-5H,2,6H2,1H3,(H2,16,17,18,20). The minimum atomic E-state index is -0.636. The number of hydrogen-bond acceptors (Lipinski definition) is 7. The maximum absolute atomic E-state index is 12.0. The Balaban J connectivity index is 1.65. The number of carbonyl (C=O) groups excluding carboxylic acids is 2. The number of halogens is 1. The van der Waals surface area contributed by atoms with E-state index in [0.717, 1.165) is 11.3 Å². The molecule has 0 bridgehead atoms. The highest BCUT2D eigenvalue weighted by Gasteiger charge is 2.19. The minimum Gasteiger partial charge on any atom is -0.461 e. The lowest BCUT2D eigenvalue weighted by atomic mass is 10.3. The lowest BCUT2D eigenvalue weighted by Crippen LogP contribution is -2.19. The fraction of sp³-hybridized carbons (Fsp3) is 0.214. The van der Waals surface area contributed by atoms with Gasteiger partial charge in [0.2, 0.25) is 6.79 Å². The van der Waals surface area contributed by atoms with Crippen molar-refractivity contribution in [3.8, 4) is 11.5 Å². The molecule has 24 heavy (non-hydrogen) atoms. The van der Waals surface area contributed by atoms with Gasteiger partial charge in [-0.1, -0.05) is 22.9 Å². The van der Waals surface area contributed by atoms with Crippen molar-refractivity contribution in [3.63, 3.8) is 0 Å². The monoisotopic (exact) mass is 369 g/mol. The van der Waals surface area contributed by atoms with Crippen molar-refractivity contribution >= 4 is 45.8 Å². The molecule has 0 unspecified atom stereocenters. The molecule has 1 aliphatic rings. The van der Waals surface area contributed by atoms with Gasteiger partial charge in [0.1, 0.15) is 4.34 Å². The van der Waals surface area contributed by atoms with Gasteiger partial charge in [0, 0.05) is 11.8 Å². The Morgan fingerprint density at radius 1 is 1.33 bits per heavy atom. The molecule has 2 amide bonds. The maximum atomic E-state index is 12.0. The molecule has 10 heteroatoms. The van der Waals surface area contributed by atoms with Crippen LogP contribution in [-0.4, -0.2) is 30.4 Å². The van der Waals surface area contributed by atoms with Crippen LogP contribution < -0.4 is 20.1 Å². The van der Waals surface area contributed by atoms with Gasteiger partial charge in [0.25, 0.3) is 0 Å². The molecule has 2 heterocycles. The summed E-state index contributed by atoms with van der Waals surface area (Å²) in [7, 11) is 0. The normalized spacial score (nSPS) is 11.9. The Hall–Kier alpha value is -2.52. The van der Waals surface area contributed by atoms with Crippen molar-refractivity contribution in [3.05, 3.63) is 28.2 Å². The number of esters is 1. The molecule has 3 rings (SSSR count). The van der Waals surface area contributed by atoms with Crippen LogP contribution in [0.2, 0.25) is 4.34 Å². The molecule has 2 aromatic rings. The Bertz CT molecular complexity index is 795. The Kier molecular flexibility index (Phi) is 4.72. The van der Waals surface area contributed by atoms with Crippen LogP contribution in [0.15, 0.2) is 18.2 Å². The highest BCUT2D eigenvalue weighted by atomic mass is 35.5. The molecule has 0 spiro atoms. The second-order valence-electron chi connectivity index (χ2n) is 4.51. The first-order valence-corrected chi connectivity index (χ1v) is 8.07. The number of fused-ring (bicyclic) bond motifs is 1. The smallest absolute Gasteiger partial charge is 0.359 e. The molecule has 0 radical (unpaired) electrons. The molecule has 1 aromatic heterocycles. The van der Waals surface area contributed by atoms with Gasteiger partial charge >= 0.3 is 12.0 Å². The molecule has 0 saturated heterocycles. The van der Waals surface area contributed by atoms with Gasteiger partial charge in [-0.15, -0.1) is 0 Å². The molecule has 0 saturated carbocycles. The summed E-state index contributed by atoms with van der Waals surface area (Å²) in [5.74, 6) is 0.532. The van der Waals surface area contributed by atoms with Crippen LogP contribution in [0.1, 0.15) is 17.4 Å². The van der Waals surface area contributed by atoms with Crippen molar-refractivity contribution < 1.29 is 23.8 Å². The largest absolute Gasteiger partial charge is 0.461 e. The number of carbonyl (C=O) groups is 2. The van der Waals surface area contributed by atoms with Crippen LogP contribution in [0.3, 0.4) is 0 Å². The van der Waals surface area contributed by atoms with E-state index < -0.39 is 12.0 Å². The summed E-state index contributed by atoms with van der Waals surface area (Å²) in [6.45, 7) is 2.04. The minimum absolute atomic E-state index is 0.0260. The Labute approximate surface area is 145 Å². The van der Waals surface area contributed by atoms with E-state index in [1.165, 1.54) is 0 Å². The number of benzene rings is 1. The maximum Gasteiger partial charge on any atom is 0.359 e. The van der Waals surface area contributed by atoms with Crippen molar-refractivity contribution in [1.82, 2.24) is 4.98 Å². The SMILES string of the molecule is CCOC(=O)c1nc(NC(=O)Nc2ccc3c(c2)OCO3)sc1Cl. The van der Waals surface area contributed by atoms with Crippen LogP contribution in [0.25, 0.3) is 0 Å². The van der Waals surface area contributed by atoms with E-state index in [2.05, 4.69) is 15.6 Å². The van der Waals surface area contributed by atoms with E-state index in [1.54, 1.807) is 25.1 Å². The first kappa shape index (κ1) is 16.3. The zero-order valence-corrected chi connectivity index (χ0v) is 14.0. The summed E-state index contributed by atoms with van der Waals surface area (Å²) in [5, 5.41) is 5.32. The number of urea groups is 1. The third-order valence-corrected chi connectivity index (χ3v) is 4.08. The highest BCUT2D eigenvalue weighted by molar-refractivity contribution is 7.20. The summed E-state index contributed by atoms with van der Waals surface area (Å²) in [5.41, 5.74) is 0.493. The summed E-state index contributed by atoms with van der Waals surface area (Å²) < 4.78 is 15.4. The molecule has 8 nitrogen and oxygen atoms in total. The van der Waals surface area contributed by atoms with Crippen LogP contribution in [-0.2, 0) is 4.74 Å². The number of hydrogen-bond donors (Lipinski definition) is 2. The van der Waals surface area contributed by atoms with Crippen LogP contribution in [0.5, 0.6) is 11.5 Å². The molecule has 1 aliphatic heterocycles. The molecule has 2 N–H and O–H groups in total. The Morgan fingerprint density at radius 3 is 2.92 bits per heavy atom. The van der Waals surface area contributed by atoms with Crippen LogP contribution in [0, 0.1) is 0 Å². The molecule has 0 fully saturated rings. The van der Waals surface area contributed by atoms with Gasteiger partial charge in [-0.05, 0) is 19.1 Å². The number of nitrogens with one attached hydrogen (secondary N) is 2. The van der Waals surface area contributed by atoms with Gasteiger partial charge in [-0.3, -0.25) is 5.32 Å². The molecule has 0 atom stereocenters. The second-order valence-corrected chi connectivity index (χ2v) is 6.11. The highest BCUT2D eigenvalue weighted by Crippen LogP contribution is 2.34. The van der Waals surface area contributed by atoms with Crippen LogP contribution in [0.4, 0.5) is 15.6 Å². The first-order valence-electron chi connectivity index (χ1n) is 6.88. The van der Waals surface area contributed by atoms with Gasteiger partial charge in [0.05, 0.1) is 6.61 Å². The summed E-state index contributed by atoms with van der Waals surface area (Å²) >= 11 is 6.90. The number of aromatic nitrogens is 1. The van der Waals surface area contributed by atoms with E-state index in [9.17, 15) is 9.59 Å². The number of anilines is 2. The van der Waals surface area contributed by atoms with Gasteiger partial charge in [-0.2, -0.15) is 0 Å². The van der Waals surface area contributed by atoms with Gasteiger partial charge in [-0.25, -0.2) is 14.6 Å². The summed E-state index contributed by atoms with van der Waals surface area (Å²) in [6, 6.07) is 4.47. The van der Waals surface area contributed by atoms with Crippen molar-refractivity contribution in [2.45, 2.75) is 6.92 Å². The van der Waals surface area contributed by atoms with E-state index in [-0.39, 0.29) is 28.6 Å². The third kappa shape index (κ3) is 3.52. The summed E-state index contributed by atoms with van der Waals surface area (Å²) in [4.78, 5) is 27.6. The van der Waals surface area contributed by atoms with Crippen molar-refractivity contribution in [2.75, 3.05) is 24.0 Å². The lowest BCUT2D eigenvalue weighted by molar-refractivity contribution is 0.0520. The Morgan fingerprint density at radius 2 is 2.12 bits per heavy atom. The first-order chi connectivity index (χ1) is 11.6. The van der Waals surface area contributed by atoms with Gasteiger partial charge in [0.15, 0.2) is 22.3 Å². The van der Waals surface area contributed by atoms with Crippen LogP contribution >= 0.6 is 22.9 Å². The summed E-state index contributed by atoms with van der Waals surface area (Å²) in [6.07, 6.45) is 0. The molecular weight excluding hydrogens is 358 g/mol. The van der Waals surface area contributed by atoms with Crippen molar-refractivity contribution in [2.24, 2.45) is 0 Å². The topological polar surface area (TPSA) is 98.8 Å². The van der Waals surface area contributed by atoms with E-state index >= 15 is 0 Å². The fourth-order valence-corrected chi connectivity index (χ4v) is 2.93. The third-order valence-electron chi connectivity index (χ3n) is 2.91. The molecule has 126 valence electrons. The quantitative estimate of drug-likeness (QED) is 0.802. The predicted molar refractivity (Wildman–Crippen MR) is 88.3 cm³/mol. The van der Waals surface area contributed by atoms with Crippen molar-refractivity contribution in [1.29, 1.82) is 0 Å². The molecule has 0 aliphatic carbocycles. The zero-order chi connectivity index (χ0) is 17.1. The number of amides is 2. The number of thiazole rings is 1. The van der Waals surface area contributed by atoms with E-state index in [1.807, 2.05) is 0 Å². The second kappa shape index (κ2) is 6.93. The molecule has 1 aromatic carbocycles. The van der Waals surface area contributed by atoms with Gasteiger partial charge < -0.3 is 19.5 Å². The average molecular weight is 370 g/mol. The average Bonchev–Trinajstić information content (AvgIpc) is 3.13. The number of ether oxygens (including phenoxy) is 3. The molecular formula is C14H12ClN3O5S. The lowest BCUT2D eigenvalue weighted by Gasteiger charge is -2.06. The zero-order valence-electron chi connectivity index (χ0n) is 12.4.